The van der Waals surface area contributed by atoms with E-state index >= 15 is 0 Å². The molecule has 0 aliphatic rings. The van der Waals surface area contributed by atoms with Gasteiger partial charge in [-0.25, -0.2) is 0 Å². The van der Waals surface area contributed by atoms with E-state index in [-0.39, 0.29) is 0 Å². The van der Waals surface area contributed by atoms with Crippen LogP contribution in [-0.2, 0) is 6.42 Å². The summed E-state index contributed by atoms with van der Waals surface area (Å²) in [5, 5.41) is 19.5. The number of aromatic nitrogens is 6. The van der Waals surface area contributed by atoms with Gasteiger partial charge in [0.05, 0.1) is 0 Å². The van der Waals surface area contributed by atoms with Crippen molar-refractivity contribution in [2.24, 2.45) is 0 Å². The molecule has 8 N–H and O–H groups in total. The van der Waals surface area contributed by atoms with Crippen LogP contribution in [0.25, 0.3) is 0 Å². The van der Waals surface area contributed by atoms with Crippen LogP contribution in [-0.4, -0.2) is 64.1 Å². The third-order valence-corrected chi connectivity index (χ3v) is 6.65. The van der Waals surface area contributed by atoms with Gasteiger partial charge in [-0.3, -0.25) is 0 Å². The fourth-order valence-electron chi connectivity index (χ4n) is 4.33. The summed E-state index contributed by atoms with van der Waals surface area (Å²) >= 11 is 0. The molecular weight excluding hydrogens is 580 g/mol. The SMILES string of the molecule is CCCNc1nc(Nc2ccc(CCNc3nc(Nc4cccc(NC)c4)nc(N(C)C)n3)cc2)nc(Nc2cccc(N)c2)n1. The van der Waals surface area contributed by atoms with E-state index in [4.69, 9.17) is 5.73 Å². The molecule has 2 aromatic heterocycles. The molecule has 0 spiro atoms. The monoisotopic (exact) mass is 620 g/mol. The minimum Gasteiger partial charge on any atom is -0.399 e. The molecule has 0 bridgehead atoms. The lowest BCUT2D eigenvalue weighted by Gasteiger charge is -2.14. The van der Waals surface area contributed by atoms with E-state index in [1.807, 2.05) is 86.7 Å². The van der Waals surface area contributed by atoms with Crippen LogP contribution in [0.15, 0.2) is 72.8 Å². The molecule has 0 unspecified atom stereocenters. The van der Waals surface area contributed by atoms with Gasteiger partial charge in [0.2, 0.25) is 35.7 Å². The van der Waals surface area contributed by atoms with Crippen LogP contribution in [0.4, 0.5) is 64.1 Å². The molecule has 0 fully saturated rings. The minimum absolute atomic E-state index is 0.407. The van der Waals surface area contributed by atoms with Gasteiger partial charge in [-0.05, 0) is 66.9 Å². The third kappa shape index (κ3) is 9.05. The number of anilines is 11. The molecule has 0 amide bonds. The topological polar surface area (TPSA) is 179 Å². The summed E-state index contributed by atoms with van der Waals surface area (Å²) in [6.07, 6.45) is 1.71. The highest BCUT2D eigenvalue weighted by Gasteiger charge is 2.10. The van der Waals surface area contributed by atoms with Crippen molar-refractivity contribution >= 4 is 64.1 Å². The van der Waals surface area contributed by atoms with Crippen LogP contribution in [0.2, 0.25) is 0 Å². The first kappa shape index (κ1) is 31.5. The van der Waals surface area contributed by atoms with Gasteiger partial charge in [0.1, 0.15) is 0 Å². The van der Waals surface area contributed by atoms with Gasteiger partial charge in [0, 0.05) is 62.7 Å². The van der Waals surface area contributed by atoms with Crippen molar-refractivity contribution in [1.82, 2.24) is 29.9 Å². The Morgan fingerprint density at radius 1 is 0.609 bits per heavy atom. The maximum absolute atomic E-state index is 5.93. The molecule has 238 valence electrons. The summed E-state index contributed by atoms with van der Waals surface area (Å²) in [5.41, 5.74) is 11.2. The molecule has 2 heterocycles. The standard InChI is InChI=1S/C32H40N14/c1-5-17-35-27-40-29(43-30(41-27)38-25-10-6-8-22(33)19-25)37-23-14-12-21(13-15-23)16-18-36-28-42-31(45-32(44-28)46(3)4)39-26-11-7-9-24(20-26)34-2/h6-15,19-20,34H,5,16-18,33H2,1-4H3,(H2,36,39,42,44,45)(H3,35,37,38,40,41,43). The van der Waals surface area contributed by atoms with E-state index in [0.717, 1.165) is 47.7 Å². The molecule has 0 atom stereocenters. The quantitative estimate of drug-likeness (QED) is 0.0734. The van der Waals surface area contributed by atoms with Crippen molar-refractivity contribution in [3.05, 3.63) is 78.4 Å². The number of benzene rings is 3. The second-order valence-corrected chi connectivity index (χ2v) is 10.6. The van der Waals surface area contributed by atoms with Crippen LogP contribution in [0.3, 0.4) is 0 Å². The number of nitrogens with two attached hydrogens (primary N) is 1. The summed E-state index contributed by atoms with van der Waals surface area (Å²) in [4.78, 5) is 29.1. The highest BCUT2D eigenvalue weighted by Crippen LogP contribution is 2.22. The number of hydrogen-bond donors (Lipinski definition) is 7. The smallest absolute Gasteiger partial charge is 0.233 e. The van der Waals surface area contributed by atoms with Crippen LogP contribution in [0.1, 0.15) is 18.9 Å². The highest BCUT2D eigenvalue weighted by molar-refractivity contribution is 5.63. The molecule has 46 heavy (non-hydrogen) atoms. The molecule has 0 radical (unpaired) electrons. The summed E-state index contributed by atoms with van der Waals surface area (Å²) in [6, 6.07) is 23.5. The van der Waals surface area contributed by atoms with E-state index in [1.165, 1.54) is 0 Å². The maximum atomic E-state index is 5.93. The Hall–Kier alpha value is -5.92. The van der Waals surface area contributed by atoms with Crippen LogP contribution < -0.4 is 42.5 Å². The molecule has 3 aromatic carbocycles. The zero-order valence-corrected chi connectivity index (χ0v) is 26.5. The number of nitrogens with zero attached hydrogens (tertiary/aromatic N) is 7. The largest absolute Gasteiger partial charge is 0.399 e. The molecule has 0 saturated heterocycles. The first-order valence-corrected chi connectivity index (χ1v) is 15.1. The van der Waals surface area contributed by atoms with Gasteiger partial charge >= 0.3 is 0 Å². The Labute approximate surface area is 268 Å². The number of rotatable bonds is 15. The Bertz CT molecular complexity index is 1730. The predicted octanol–water partition coefficient (Wildman–Crippen LogP) is 5.45. The zero-order valence-electron chi connectivity index (χ0n) is 26.5. The van der Waals surface area contributed by atoms with E-state index < -0.39 is 0 Å². The lowest BCUT2D eigenvalue weighted by Crippen LogP contribution is -2.17. The number of nitrogens with one attached hydrogen (secondary N) is 6. The molecule has 14 nitrogen and oxygen atoms in total. The van der Waals surface area contributed by atoms with Crippen LogP contribution in [0.5, 0.6) is 0 Å². The number of hydrogen-bond acceptors (Lipinski definition) is 14. The molecule has 5 aromatic rings. The Kier molecular flexibility index (Phi) is 10.4. The molecule has 0 aliphatic carbocycles. The maximum Gasteiger partial charge on any atom is 0.233 e. The van der Waals surface area contributed by atoms with Gasteiger partial charge in [0.25, 0.3) is 0 Å². The summed E-state index contributed by atoms with van der Waals surface area (Å²) in [7, 11) is 5.68. The van der Waals surface area contributed by atoms with Crippen LogP contribution >= 0.6 is 0 Å². The molecule has 0 aliphatic heterocycles. The van der Waals surface area contributed by atoms with E-state index in [2.05, 4.69) is 80.9 Å². The van der Waals surface area contributed by atoms with E-state index in [1.54, 1.807) is 0 Å². The molecular formula is C32H40N14. The minimum atomic E-state index is 0.407. The van der Waals surface area contributed by atoms with Gasteiger partial charge in [-0.2, -0.15) is 29.9 Å². The van der Waals surface area contributed by atoms with Gasteiger partial charge < -0.3 is 42.5 Å². The van der Waals surface area contributed by atoms with Crippen molar-refractivity contribution in [2.75, 3.05) is 76.8 Å². The average molecular weight is 621 g/mol. The van der Waals surface area contributed by atoms with Gasteiger partial charge in [-0.15, -0.1) is 0 Å². The van der Waals surface area contributed by atoms with Crippen LogP contribution in [0, 0.1) is 0 Å². The second-order valence-electron chi connectivity index (χ2n) is 10.6. The lowest BCUT2D eigenvalue weighted by atomic mass is 10.1. The molecule has 0 saturated carbocycles. The Morgan fingerprint density at radius 2 is 1.15 bits per heavy atom. The fourth-order valence-corrected chi connectivity index (χ4v) is 4.33. The first-order chi connectivity index (χ1) is 22.4. The first-order valence-electron chi connectivity index (χ1n) is 15.1. The highest BCUT2D eigenvalue weighted by atomic mass is 15.3. The normalized spacial score (nSPS) is 10.6. The summed E-state index contributed by atoms with van der Waals surface area (Å²) < 4.78 is 0. The van der Waals surface area contributed by atoms with Gasteiger partial charge in [-0.1, -0.05) is 31.2 Å². The van der Waals surface area contributed by atoms with Crippen molar-refractivity contribution < 1.29 is 0 Å². The second kappa shape index (κ2) is 15.2. The van der Waals surface area contributed by atoms with Crippen molar-refractivity contribution in [3.63, 3.8) is 0 Å². The molecule has 5 rings (SSSR count). The van der Waals surface area contributed by atoms with Crippen molar-refractivity contribution in [1.29, 1.82) is 0 Å². The van der Waals surface area contributed by atoms with E-state index in [9.17, 15) is 0 Å². The fraction of sp³-hybridized carbons (Fsp3) is 0.250. The third-order valence-electron chi connectivity index (χ3n) is 6.65. The van der Waals surface area contributed by atoms with Gasteiger partial charge in [0.15, 0.2) is 0 Å². The Balaban J connectivity index is 1.21. The summed E-state index contributed by atoms with van der Waals surface area (Å²) in [5.74, 6) is 2.82. The van der Waals surface area contributed by atoms with E-state index in [0.29, 0.717) is 47.9 Å². The Morgan fingerprint density at radius 3 is 1.80 bits per heavy atom. The molecule has 14 heteroatoms. The predicted molar refractivity (Wildman–Crippen MR) is 188 cm³/mol. The lowest BCUT2D eigenvalue weighted by molar-refractivity contribution is 0.933. The zero-order chi connectivity index (χ0) is 32.3. The van der Waals surface area contributed by atoms with Crippen molar-refractivity contribution in [3.8, 4) is 0 Å². The summed E-state index contributed by atoms with van der Waals surface area (Å²) in [6.45, 7) is 3.46. The number of nitrogen functional groups attached to an aromatic ring is 1. The van der Waals surface area contributed by atoms with Crippen molar-refractivity contribution in [2.45, 2.75) is 19.8 Å². The average Bonchev–Trinajstić information content (AvgIpc) is 3.04.